The number of hydrogen-bond donors (Lipinski definition) is 2. The molecule has 0 amide bonds. The van der Waals surface area contributed by atoms with Gasteiger partial charge in [0.25, 0.3) is 0 Å². The molecule has 0 aromatic rings. The molecule has 0 aromatic heterocycles. The second-order valence-corrected chi connectivity index (χ2v) is 4.66. The van der Waals surface area contributed by atoms with Crippen molar-refractivity contribution in [3.8, 4) is 0 Å². The zero-order chi connectivity index (χ0) is 10.1. The molecule has 74 valence electrons. The lowest BCUT2D eigenvalue weighted by Gasteiger charge is -2.23. The lowest BCUT2D eigenvalue weighted by atomic mass is 10.1. The molecule has 0 bridgehead atoms. The molecule has 1 unspecified atom stereocenters. The third kappa shape index (κ3) is 1.74. The molecule has 5 nitrogen and oxygen atoms in total. The molecule has 0 spiro atoms. The largest absolute Gasteiger partial charge is 0.399 e. The average molecular weight is 205 g/mol. The van der Waals surface area contributed by atoms with E-state index in [1.54, 1.807) is 0 Å². The van der Waals surface area contributed by atoms with E-state index in [1.165, 1.54) is 12.2 Å². The topological polar surface area (TPSA) is 89.6 Å². The Balaban J connectivity index is 3.01. The van der Waals surface area contributed by atoms with E-state index in [4.69, 9.17) is 5.73 Å². The Bertz CT molecular complexity index is 357. The Morgan fingerprint density at radius 2 is 2.31 bits per heavy atom. The van der Waals surface area contributed by atoms with Crippen molar-refractivity contribution in [3.05, 3.63) is 23.9 Å². The van der Waals surface area contributed by atoms with Crippen molar-refractivity contribution in [2.24, 2.45) is 5.73 Å². The van der Waals surface area contributed by atoms with Gasteiger partial charge in [-0.25, -0.2) is 0 Å². The van der Waals surface area contributed by atoms with Crippen LogP contribution in [-0.2, 0) is 14.3 Å². The van der Waals surface area contributed by atoms with Crippen molar-refractivity contribution in [2.45, 2.75) is 11.4 Å². The van der Waals surface area contributed by atoms with Crippen molar-refractivity contribution in [1.82, 2.24) is 0 Å². The van der Waals surface area contributed by atoms with Crippen molar-refractivity contribution in [2.75, 3.05) is 7.11 Å². The summed E-state index contributed by atoms with van der Waals surface area (Å²) in [6.07, 6.45) is 3.78. The van der Waals surface area contributed by atoms with Gasteiger partial charge in [-0.1, -0.05) is 6.08 Å². The van der Waals surface area contributed by atoms with Gasteiger partial charge >= 0.3 is 10.1 Å². The van der Waals surface area contributed by atoms with Gasteiger partial charge in [0, 0.05) is 12.1 Å². The maximum atomic E-state index is 11.2. The molecule has 1 rings (SSSR count). The second-order valence-electron chi connectivity index (χ2n) is 2.71. The smallest absolute Gasteiger partial charge is 0.301 e. The van der Waals surface area contributed by atoms with Gasteiger partial charge in [-0.15, -0.1) is 0 Å². The van der Waals surface area contributed by atoms with Gasteiger partial charge in [0.15, 0.2) is 0 Å². The minimum absolute atomic E-state index is 0.0918. The highest BCUT2D eigenvalue weighted by atomic mass is 32.2. The van der Waals surface area contributed by atoms with Crippen LogP contribution in [0.1, 0.15) is 6.42 Å². The molecule has 1 aliphatic rings. The van der Waals surface area contributed by atoms with E-state index in [9.17, 15) is 13.5 Å². The third-order valence-electron chi connectivity index (χ3n) is 1.82. The molecule has 0 radical (unpaired) electrons. The SMILES string of the molecule is COS(=O)(=O)C1(O)C=CC(N)=CC1. The highest BCUT2D eigenvalue weighted by Gasteiger charge is 2.40. The fourth-order valence-electron chi connectivity index (χ4n) is 0.956. The maximum absolute atomic E-state index is 11.2. The highest BCUT2D eigenvalue weighted by Crippen LogP contribution is 2.26. The highest BCUT2D eigenvalue weighted by molar-refractivity contribution is 7.88. The van der Waals surface area contributed by atoms with Crippen LogP contribution in [0, 0.1) is 0 Å². The Morgan fingerprint density at radius 1 is 1.69 bits per heavy atom. The Hall–Kier alpha value is -0.850. The molecule has 0 heterocycles. The first kappa shape index (κ1) is 10.2. The maximum Gasteiger partial charge on any atom is 0.301 e. The summed E-state index contributed by atoms with van der Waals surface area (Å²) >= 11 is 0. The summed E-state index contributed by atoms with van der Waals surface area (Å²) in [4.78, 5) is -1.98. The molecule has 0 aliphatic heterocycles. The van der Waals surface area contributed by atoms with Crippen LogP contribution >= 0.6 is 0 Å². The fraction of sp³-hybridized carbons (Fsp3) is 0.429. The third-order valence-corrected chi connectivity index (χ3v) is 3.43. The summed E-state index contributed by atoms with van der Waals surface area (Å²) in [6.45, 7) is 0. The zero-order valence-electron chi connectivity index (χ0n) is 7.10. The van der Waals surface area contributed by atoms with E-state index in [1.807, 2.05) is 0 Å². The van der Waals surface area contributed by atoms with Crippen LogP contribution in [-0.4, -0.2) is 25.6 Å². The van der Waals surface area contributed by atoms with E-state index >= 15 is 0 Å². The molecular weight excluding hydrogens is 194 g/mol. The molecule has 0 aromatic carbocycles. The van der Waals surface area contributed by atoms with Gasteiger partial charge in [0.1, 0.15) is 0 Å². The summed E-state index contributed by atoms with van der Waals surface area (Å²) in [5.41, 5.74) is 5.79. The molecule has 6 heteroatoms. The lowest BCUT2D eigenvalue weighted by molar-refractivity contribution is 0.157. The molecule has 13 heavy (non-hydrogen) atoms. The van der Waals surface area contributed by atoms with Gasteiger partial charge in [-0.05, 0) is 12.2 Å². The quantitative estimate of drug-likeness (QED) is 0.590. The van der Waals surface area contributed by atoms with Crippen LogP contribution in [0.2, 0.25) is 0 Å². The first-order chi connectivity index (χ1) is 5.91. The van der Waals surface area contributed by atoms with Gasteiger partial charge in [0.2, 0.25) is 4.93 Å². The van der Waals surface area contributed by atoms with Crippen LogP contribution < -0.4 is 5.73 Å². The van der Waals surface area contributed by atoms with Crippen LogP contribution in [0.15, 0.2) is 23.9 Å². The van der Waals surface area contributed by atoms with E-state index in [2.05, 4.69) is 4.18 Å². The molecular formula is C7H11NO4S. The summed E-state index contributed by atoms with van der Waals surface area (Å²) in [5.74, 6) is 0. The number of rotatable bonds is 2. The van der Waals surface area contributed by atoms with Crippen molar-refractivity contribution >= 4 is 10.1 Å². The predicted octanol–water partition coefficient (Wildman–Crippen LogP) is -0.546. The normalized spacial score (nSPS) is 28.6. The second kappa shape index (κ2) is 3.13. The monoisotopic (exact) mass is 205 g/mol. The first-order valence-corrected chi connectivity index (χ1v) is 4.99. The molecule has 1 aliphatic carbocycles. The molecule has 0 saturated heterocycles. The van der Waals surface area contributed by atoms with E-state index in [0.29, 0.717) is 5.70 Å². The summed E-state index contributed by atoms with van der Waals surface area (Å²) in [5, 5.41) is 9.62. The molecule has 3 N–H and O–H groups in total. The number of hydrogen-bond acceptors (Lipinski definition) is 5. The Labute approximate surface area is 76.6 Å². The first-order valence-electron chi connectivity index (χ1n) is 3.59. The molecule has 0 saturated carbocycles. The Kier molecular flexibility index (Phi) is 2.47. The van der Waals surface area contributed by atoms with Gasteiger partial charge < -0.3 is 10.8 Å². The van der Waals surface area contributed by atoms with E-state index in [-0.39, 0.29) is 6.42 Å². The van der Waals surface area contributed by atoms with Crippen molar-refractivity contribution in [3.63, 3.8) is 0 Å². The van der Waals surface area contributed by atoms with E-state index in [0.717, 1.165) is 13.2 Å². The van der Waals surface area contributed by atoms with Gasteiger partial charge in [0.05, 0.1) is 7.11 Å². The predicted molar refractivity (Wildman–Crippen MR) is 46.9 cm³/mol. The summed E-state index contributed by atoms with van der Waals surface area (Å²) in [7, 11) is -2.97. The Morgan fingerprint density at radius 3 is 2.69 bits per heavy atom. The fourth-order valence-corrected chi connectivity index (χ4v) is 1.77. The van der Waals surface area contributed by atoms with Crippen molar-refractivity contribution in [1.29, 1.82) is 0 Å². The van der Waals surface area contributed by atoms with Crippen LogP contribution in [0.4, 0.5) is 0 Å². The number of aliphatic hydroxyl groups is 1. The summed E-state index contributed by atoms with van der Waals surface area (Å²) < 4.78 is 26.6. The molecule has 1 atom stereocenters. The van der Waals surface area contributed by atoms with Gasteiger partial charge in [-0.3, -0.25) is 4.18 Å². The van der Waals surface area contributed by atoms with Crippen LogP contribution in [0.3, 0.4) is 0 Å². The number of allylic oxidation sites excluding steroid dienone is 1. The standard InChI is InChI=1S/C7H11NO4S/c1-12-13(10,11)7(9)4-2-6(8)3-5-7/h2-4,9H,5,8H2,1H3. The minimum Gasteiger partial charge on any atom is -0.399 e. The minimum atomic E-state index is -3.98. The lowest BCUT2D eigenvalue weighted by Crippen LogP contribution is -2.38. The zero-order valence-corrected chi connectivity index (χ0v) is 7.91. The van der Waals surface area contributed by atoms with Crippen LogP contribution in [0.25, 0.3) is 0 Å². The summed E-state index contributed by atoms with van der Waals surface area (Å²) in [6, 6.07) is 0. The van der Waals surface area contributed by atoms with Crippen LogP contribution in [0.5, 0.6) is 0 Å². The van der Waals surface area contributed by atoms with Crippen molar-refractivity contribution < 1.29 is 17.7 Å². The average Bonchev–Trinajstić information content (AvgIpc) is 2.10. The molecule has 0 fully saturated rings. The van der Waals surface area contributed by atoms with E-state index < -0.39 is 15.1 Å². The van der Waals surface area contributed by atoms with Gasteiger partial charge in [-0.2, -0.15) is 8.42 Å². The number of nitrogens with two attached hydrogens (primary N) is 1.